The van der Waals surface area contributed by atoms with Crippen LogP contribution in [0.1, 0.15) is 5.56 Å². The Hall–Kier alpha value is -2.47. The first kappa shape index (κ1) is 14.1. The minimum absolute atomic E-state index is 0.0967. The number of hydrogen-bond donors (Lipinski definition) is 2. The summed E-state index contributed by atoms with van der Waals surface area (Å²) in [5.41, 5.74) is 2.24. The van der Waals surface area contributed by atoms with Crippen molar-refractivity contribution in [3.8, 4) is 17.4 Å². The van der Waals surface area contributed by atoms with Crippen LogP contribution in [0, 0.1) is 0 Å². The molecular weight excluding hydrogens is 360 g/mol. The van der Waals surface area contributed by atoms with E-state index in [0.29, 0.717) is 24.5 Å². The summed E-state index contributed by atoms with van der Waals surface area (Å²) in [5, 5.41) is 11.0. The van der Waals surface area contributed by atoms with Gasteiger partial charge in [-0.3, -0.25) is 4.99 Å². The molecule has 3 aromatic rings. The Balaban J connectivity index is 1.71. The molecule has 0 spiro atoms. The highest BCUT2D eigenvalue weighted by molar-refractivity contribution is 9.10. The molecule has 0 fully saturated rings. The Labute approximate surface area is 140 Å². The highest BCUT2D eigenvalue weighted by atomic mass is 79.9. The van der Waals surface area contributed by atoms with Gasteiger partial charge in [0.2, 0.25) is 0 Å². The largest absolute Gasteiger partial charge is 0.494 e. The Morgan fingerprint density at radius 3 is 2.78 bits per heavy atom. The fourth-order valence-corrected chi connectivity index (χ4v) is 2.91. The molecule has 116 valence electrons. The van der Waals surface area contributed by atoms with Crippen LogP contribution in [0.2, 0.25) is 0 Å². The minimum atomic E-state index is 0.0967. The van der Waals surface area contributed by atoms with Gasteiger partial charge in [0.15, 0.2) is 17.4 Å². The van der Waals surface area contributed by atoms with Gasteiger partial charge >= 0.3 is 0 Å². The average Bonchev–Trinajstić information content (AvgIpc) is 2.87. The summed E-state index contributed by atoms with van der Waals surface area (Å²) in [6.45, 7) is 1.10. The van der Waals surface area contributed by atoms with Gasteiger partial charge in [-0.25, -0.2) is 0 Å². The van der Waals surface area contributed by atoms with E-state index in [1.165, 1.54) is 0 Å². The third kappa shape index (κ3) is 2.66. The first-order chi connectivity index (χ1) is 11.2. The van der Waals surface area contributed by atoms with E-state index in [0.717, 1.165) is 26.8 Å². The van der Waals surface area contributed by atoms with E-state index < -0.39 is 0 Å². The van der Waals surface area contributed by atoms with Gasteiger partial charge in [0.1, 0.15) is 13.2 Å². The molecule has 0 aliphatic carbocycles. The molecule has 4 rings (SSSR count). The number of aromatic nitrogens is 1. The Kier molecular flexibility index (Phi) is 3.46. The zero-order valence-corrected chi connectivity index (χ0v) is 13.6. The zero-order valence-electron chi connectivity index (χ0n) is 12.0. The van der Waals surface area contributed by atoms with Crippen LogP contribution in [-0.4, -0.2) is 29.5 Å². The lowest BCUT2D eigenvalue weighted by Crippen LogP contribution is -2.14. The topological polar surface area (TPSA) is 66.8 Å². The summed E-state index contributed by atoms with van der Waals surface area (Å²) in [6, 6.07) is 11.3. The third-order valence-corrected chi connectivity index (χ3v) is 4.14. The van der Waals surface area contributed by atoms with E-state index >= 15 is 0 Å². The molecule has 5 nitrogen and oxygen atoms in total. The van der Waals surface area contributed by atoms with Crippen molar-refractivity contribution >= 4 is 38.7 Å². The zero-order chi connectivity index (χ0) is 15.8. The molecule has 1 aromatic heterocycles. The van der Waals surface area contributed by atoms with Crippen LogP contribution in [0.25, 0.3) is 10.9 Å². The number of benzene rings is 2. The van der Waals surface area contributed by atoms with Crippen LogP contribution in [0.5, 0.6) is 17.4 Å². The first-order valence-corrected chi connectivity index (χ1v) is 7.94. The highest BCUT2D eigenvalue weighted by Crippen LogP contribution is 2.34. The molecule has 2 heterocycles. The fourth-order valence-electron chi connectivity index (χ4n) is 2.55. The predicted octanol–water partition coefficient (Wildman–Crippen LogP) is 4.16. The van der Waals surface area contributed by atoms with Crippen molar-refractivity contribution < 1.29 is 14.6 Å². The number of H-pyrrole nitrogens is 1. The second-order valence-electron chi connectivity index (χ2n) is 5.16. The van der Waals surface area contributed by atoms with Crippen LogP contribution in [0.15, 0.2) is 45.9 Å². The monoisotopic (exact) mass is 372 g/mol. The van der Waals surface area contributed by atoms with Crippen molar-refractivity contribution in [3.05, 3.63) is 46.4 Å². The molecule has 1 aliphatic rings. The molecule has 0 unspecified atom stereocenters. The summed E-state index contributed by atoms with van der Waals surface area (Å²) in [7, 11) is 0. The van der Waals surface area contributed by atoms with Gasteiger partial charge in [0.25, 0.3) is 0 Å². The van der Waals surface area contributed by atoms with Crippen LogP contribution in [-0.2, 0) is 0 Å². The normalized spacial score (nSPS) is 13.8. The standard InChI is InChI=1S/C17H13BrN2O3/c18-10-1-3-14-12(7-10)13(17(21)20-14)9-19-11-2-4-15-16(8-11)23-6-5-22-15/h1-4,7-9,20-21H,5-6H2. The fraction of sp³-hybridized carbons (Fsp3) is 0.118. The van der Waals surface area contributed by atoms with Crippen LogP contribution < -0.4 is 9.47 Å². The number of aliphatic imine (C=N–C) groups is 1. The van der Waals surface area contributed by atoms with Crippen molar-refractivity contribution in [2.24, 2.45) is 4.99 Å². The summed E-state index contributed by atoms with van der Waals surface area (Å²) in [4.78, 5) is 7.38. The second kappa shape index (κ2) is 5.62. The number of ether oxygens (including phenoxy) is 2. The van der Waals surface area contributed by atoms with Crippen LogP contribution >= 0.6 is 15.9 Å². The van der Waals surface area contributed by atoms with E-state index in [-0.39, 0.29) is 5.88 Å². The molecule has 23 heavy (non-hydrogen) atoms. The molecule has 0 radical (unpaired) electrons. The lowest BCUT2D eigenvalue weighted by Gasteiger charge is -2.18. The van der Waals surface area contributed by atoms with Gasteiger partial charge in [-0.05, 0) is 30.3 Å². The van der Waals surface area contributed by atoms with Gasteiger partial charge in [-0.15, -0.1) is 0 Å². The van der Waals surface area contributed by atoms with Crippen LogP contribution in [0.3, 0.4) is 0 Å². The minimum Gasteiger partial charge on any atom is -0.494 e. The molecule has 1 aliphatic heterocycles. The number of fused-ring (bicyclic) bond motifs is 2. The number of nitrogens with zero attached hydrogens (tertiary/aromatic N) is 1. The summed E-state index contributed by atoms with van der Waals surface area (Å²) in [5.74, 6) is 1.52. The summed E-state index contributed by atoms with van der Waals surface area (Å²) >= 11 is 3.44. The SMILES string of the molecule is Oc1[nH]c2ccc(Br)cc2c1C=Nc1ccc2c(c1)OCCO2. The van der Waals surface area contributed by atoms with Gasteiger partial charge in [0, 0.05) is 27.7 Å². The van der Waals surface area contributed by atoms with Crippen molar-refractivity contribution in [2.75, 3.05) is 13.2 Å². The van der Waals surface area contributed by atoms with E-state index in [2.05, 4.69) is 25.9 Å². The molecule has 2 N–H and O–H groups in total. The van der Waals surface area contributed by atoms with Gasteiger partial charge in [-0.1, -0.05) is 15.9 Å². The smallest absolute Gasteiger partial charge is 0.198 e. The molecule has 0 saturated heterocycles. The Morgan fingerprint density at radius 2 is 1.91 bits per heavy atom. The van der Waals surface area contributed by atoms with Crippen molar-refractivity contribution in [1.29, 1.82) is 0 Å². The summed E-state index contributed by atoms with van der Waals surface area (Å²) in [6.07, 6.45) is 1.64. The maximum atomic E-state index is 10.1. The molecule has 6 heteroatoms. The Morgan fingerprint density at radius 1 is 1.09 bits per heavy atom. The Bertz CT molecular complexity index is 918. The maximum absolute atomic E-state index is 10.1. The van der Waals surface area contributed by atoms with Crippen molar-refractivity contribution in [2.45, 2.75) is 0 Å². The number of hydrogen-bond acceptors (Lipinski definition) is 4. The number of rotatable bonds is 2. The van der Waals surface area contributed by atoms with E-state index in [4.69, 9.17) is 9.47 Å². The first-order valence-electron chi connectivity index (χ1n) is 7.14. The maximum Gasteiger partial charge on any atom is 0.198 e. The average molecular weight is 373 g/mol. The predicted molar refractivity (Wildman–Crippen MR) is 92.3 cm³/mol. The lowest BCUT2D eigenvalue weighted by molar-refractivity contribution is 0.171. The van der Waals surface area contributed by atoms with E-state index in [1.54, 1.807) is 6.21 Å². The lowest BCUT2D eigenvalue weighted by atomic mass is 10.2. The number of aromatic amines is 1. The molecule has 0 saturated carbocycles. The molecule has 0 atom stereocenters. The number of aromatic hydroxyl groups is 1. The second-order valence-corrected chi connectivity index (χ2v) is 6.08. The number of nitrogens with one attached hydrogen (secondary N) is 1. The highest BCUT2D eigenvalue weighted by Gasteiger charge is 2.12. The third-order valence-electron chi connectivity index (χ3n) is 3.65. The van der Waals surface area contributed by atoms with Crippen molar-refractivity contribution in [3.63, 3.8) is 0 Å². The quantitative estimate of drug-likeness (QED) is 0.663. The van der Waals surface area contributed by atoms with Crippen LogP contribution in [0.4, 0.5) is 5.69 Å². The van der Waals surface area contributed by atoms with E-state index in [1.807, 2.05) is 36.4 Å². The molecule has 0 amide bonds. The van der Waals surface area contributed by atoms with Gasteiger partial charge in [-0.2, -0.15) is 0 Å². The van der Waals surface area contributed by atoms with Crippen molar-refractivity contribution in [1.82, 2.24) is 4.98 Å². The molecule has 2 aromatic carbocycles. The number of halogens is 1. The van der Waals surface area contributed by atoms with E-state index in [9.17, 15) is 5.11 Å². The molecular formula is C17H13BrN2O3. The van der Waals surface area contributed by atoms with Gasteiger partial charge in [0.05, 0.1) is 11.3 Å². The van der Waals surface area contributed by atoms with Gasteiger partial charge < -0.3 is 19.6 Å². The molecule has 0 bridgehead atoms. The summed E-state index contributed by atoms with van der Waals surface area (Å²) < 4.78 is 12.0.